The summed E-state index contributed by atoms with van der Waals surface area (Å²) in [7, 11) is 0. The Morgan fingerprint density at radius 3 is 2.24 bits per heavy atom. The van der Waals surface area contributed by atoms with Crippen molar-refractivity contribution in [3.63, 3.8) is 0 Å². The van der Waals surface area contributed by atoms with E-state index in [1.807, 2.05) is 0 Å². The molecule has 0 amide bonds. The van der Waals surface area contributed by atoms with Crippen molar-refractivity contribution in [2.45, 2.75) is 91.8 Å². The molecule has 1 aliphatic carbocycles. The molecule has 2 rings (SSSR count). The molecule has 1 fully saturated rings. The van der Waals surface area contributed by atoms with E-state index in [-0.39, 0.29) is 11.7 Å². The first-order chi connectivity index (χ1) is 11.9. The summed E-state index contributed by atoms with van der Waals surface area (Å²) in [6.45, 7) is 12.1. The van der Waals surface area contributed by atoms with Crippen LogP contribution in [0.5, 0.6) is 5.75 Å². The first-order valence-electron chi connectivity index (χ1n) is 10.3. The highest BCUT2D eigenvalue weighted by Gasteiger charge is 2.23. The van der Waals surface area contributed by atoms with Crippen molar-refractivity contribution >= 4 is 0 Å². The largest absolute Gasteiger partial charge is 0.465 e. The molecular formula is C23H38O2. The summed E-state index contributed by atoms with van der Waals surface area (Å²) < 4.78 is 12.5. The molecule has 0 radical (unpaired) electrons. The lowest BCUT2D eigenvalue weighted by atomic mass is 9.89. The lowest BCUT2D eigenvalue weighted by molar-refractivity contribution is -0.112. The Labute approximate surface area is 155 Å². The molecular weight excluding hydrogens is 308 g/mol. The molecule has 0 aliphatic heterocycles. The minimum absolute atomic E-state index is 0.156. The quantitative estimate of drug-likeness (QED) is 0.475. The second-order valence-corrected chi connectivity index (χ2v) is 9.03. The molecule has 1 aromatic carbocycles. The van der Waals surface area contributed by atoms with Gasteiger partial charge < -0.3 is 9.47 Å². The van der Waals surface area contributed by atoms with Gasteiger partial charge in [0.1, 0.15) is 5.75 Å². The Morgan fingerprint density at radius 2 is 1.68 bits per heavy atom. The third-order valence-corrected chi connectivity index (χ3v) is 5.35. The topological polar surface area (TPSA) is 18.5 Å². The Bertz CT molecular complexity index is 480. The second-order valence-electron chi connectivity index (χ2n) is 9.03. The Morgan fingerprint density at radius 1 is 1.04 bits per heavy atom. The smallest absolute Gasteiger partial charge is 0.200 e. The zero-order valence-electron chi connectivity index (χ0n) is 17.0. The van der Waals surface area contributed by atoms with Crippen molar-refractivity contribution in [3.8, 4) is 5.75 Å². The molecule has 1 aliphatic rings. The SMILES string of the molecule is CCC(C)c1ccc(OC(CC(C)(C)C)OCC2CCCCC2)cc1. The van der Waals surface area contributed by atoms with Gasteiger partial charge >= 0.3 is 0 Å². The molecule has 0 spiro atoms. The van der Waals surface area contributed by atoms with Gasteiger partial charge in [0, 0.05) is 6.42 Å². The van der Waals surface area contributed by atoms with Gasteiger partial charge in [-0.2, -0.15) is 0 Å². The number of ether oxygens (including phenoxy) is 2. The standard InChI is InChI=1S/C23H38O2/c1-6-18(2)20-12-14-21(15-13-20)25-22(16-23(3,4)5)24-17-19-10-8-7-9-11-19/h12-15,18-19,22H,6-11,16-17H2,1-5H3. The predicted molar refractivity (Wildman–Crippen MR) is 106 cm³/mol. The Hall–Kier alpha value is -1.02. The molecule has 2 heteroatoms. The van der Waals surface area contributed by atoms with E-state index in [4.69, 9.17) is 9.47 Å². The lowest BCUT2D eigenvalue weighted by Crippen LogP contribution is -2.29. The highest BCUT2D eigenvalue weighted by molar-refractivity contribution is 5.29. The molecule has 1 aromatic rings. The molecule has 0 heterocycles. The molecule has 0 aromatic heterocycles. The van der Waals surface area contributed by atoms with Crippen LogP contribution in [0.15, 0.2) is 24.3 Å². The van der Waals surface area contributed by atoms with Gasteiger partial charge in [-0.3, -0.25) is 0 Å². The van der Waals surface area contributed by atoms with Crippen molar-refractivity contribution < 1.29 is 9.47 Å². The van der Waals surface area contributed by atoms with E-state index in [0.29, 0.717) is 11.8 Å². The molecule has 0 saturated heterocycles. The Balaban J connectivity index is 1.94. The lowest BCUT2D eigenvalue weighted by Gasteiger charge is -2.29. The van der Waals surface area contributed by atoms with Crippen LogP contribution in [-0.2, 0) is 4.74 Å². The van der Waals surface area contributed by atoms with Gasteiger partial charge in [-0.1, -0.05) is 66.0 Å². The zero-order valence-corrected chi connectivity index (χ0v) is 17.0. The van der Waals surface area contributed by atoms with Gasteiger partial charge in [-0.25, -0.2) is 0 Å². The predicted octanol–water partition coefficient (Wildman–Crippen LogP) is 6.94. The summed E-state index contributed by atoms with van der Waals surface area (Å²) in [4.78, 5) is 0. The summed E-state index contributed by atoms with van der Waals surface area (Å²) in [6, 6.07) is 8.58. The van der Waals surface area contributed by atoms with Gasteiger partial charge in [0.15, 0.2) is 6.29 Å². The highest BCUT2D eigenvalue weighted by atomic mass is 16.7. The summed E-state index contributed by atoms with van der Waals surface area (Å²) in [5.41, 5.74) is 1.57. The van der Waals surface area contributed by atoms with Gasteiger partial charge in [-0.15, -0.1) is 0 Å². The van der Waals surface area contributed by atoms with E-state index < -0.39 is 0 Å². The van der Waals surface area contributed by atoms with Crippen molar-refractivity contribution in [3.05, 3.63) is 29.8 Å². The van der Waals surface area contributed by atoms with E-state index in [0.717, 1.165) is 25.2 Å². The number of hydrogen-bond acceptors (Lipinski definition) is 2. The molecule has 2 nitrogen and oxygen atoms in total. The van der Waals surface area contributed by atoms with Crippen LogP contribution in [0.3, 0.4) is 0 Å². The summed E-state index contributed by atoms with van der Waals surface area (Å²) in [6.07, 6.45) is 8.64. The summed E-state index contributed by atoms with van der Waals surface area (Å²) in [5, 5.41) is 0. The highest BCUT2D eigenvalue weighted by Crippen LogP contribution is 2.29. The number of rotatable bonds is 8. The fourth-order valence-electron chi connectivity index (χ4n) is 3.49. The van der Waals surface area contributed by atoms with Crippen LogP contribution < -0.4 is 4.74 Å². The number of benzene rings is 1. The maximum absolute atomic E-state index is 6.24. The zero-order chi connectivity index (χ0) is 18.3. The van der Waals surface area contributed by atoms with Gasteiger partial charge in [0.25, 0.3) is 0 Å². The van der Waals surface area contributed by atoms with Gasteiger partial charge in [0.05, 0.1) is 6.61 Å². The fourth-order valence-corrected chi connectivity index (χ4v) is 3.49. The first-order valence-corrected chi connectivity index (χ1v) is 10.3. The van der Waals surface area contributed by atoms with E-state index >= 15 is 0 Å². The third kappa shape index (κ3) is 7.40. The van der Waals surface area contributed by atoms with Crippen molar-refractivity contribution in [1.82, 2.24) is 0 Å². The molecule has 0 bridgehead atoms. The van der Waals surface area contributed by atoms with E-state index in [1.165, 1.54) is 37.7 Å². The monoisotopic (exact) mass is 346 g/mol. The van der Waals surface area contributed by atoms with Crippen LogP contribution in [0.1, 0.15) is 91.0 Å². The second kappa shape index (κ2) is 9.62. The van der Waals surface area contributed by atoms with Crippen molar-refractivity contribution in [2.24, 2.45) is 11.3 Å². The van der Waals surface area contributed by atoms with Gasteiger partial charge in [-0.05, 0) is 54.2 Å². The first kappa shape index (κ1) is 20.3. The third-order valence-electron chi connectivity index (χ3n) is 5.35. The molecule has 1 saturated carbocycles. The molecule has 2 unspecified atom stereocenters. The minimum atomic E-state index is -0.156. The van der Waals surface area contributed by atoms with Crippen LogP contribution in [0.2, 0.25) is 0 Å². The normalized spacial score (nSPS) is 18.8. The van der Waals surface area contributed by atoms with E-state index in [2.05, 4.69) is 58.9 Å². The van der Waals surface area contributed by atoms with Crippen molar-refractivity contribution in [1.29, 1.82) is 0 Å². The fraction of sp³-hybridized carbons (Fsp3) is 0.739. The summed E-state index contributed by atoms with van der Waals surface area (Å²) >= 11 is 0. The van der Waals surface area contributed by atoms with Crippen LogP contribution in [0.25, 0.3) is 0 Å². The summed E-state index contributed by atoms with van der Waals surface area (Å²) in [5.74, 6) is 2.24. The van der Waals surface area contributed by atoms with E-state index in [9.17, 15) is 0 Å². The van der Waals surface area contributed by atoms with Crippen LogP contribution in [0.4, 0.5) is 0 Å². The van der Waals surface area contributed by atoms with Crippen LogP contribution >= 0.6 is 0 Å². The maximum atomic E-state index is 6.24. The average Bonchev–Trinajstić information content (AvgIpc) is 2.59. The molecule has 25 heavy (non-hydrogen) atoms. The van der Waals surface area contributed by atoms with E-state index in [1.54, 1.807) is 0 Å². The number of hydrogen-bond donors (Lipinski definition) is 0. The molecule has 0 N–H and O–H groups in total. The van der Waals surface area contributed by atoms with Crippen LogP contribution in [0, 0.1) is 11.3 Å². The minimum Gasteiger partial charge on any atom is -0.465 e. The Kier molecular flexibility index (Phi) is 7.81. The van der Waals surface area contributed by atoms with Crippen LogP contribution in [-0.4, -0.2) is 12.9 Å². The average molecular weight is 347 g/mol. The van der Waals surface area contributed by atoms with Gasteiger partial charge in [0.2, 0.25) is 0 Å². The maximum Gasteiger partial charge on any atom is 0.200 e. The molecule has 2 atom stereocenters. The molecule has 142 valence electrons. The van der Waals surface area contributed by atoms with Crippen molar-refractivity contribution in [2.75, 3.05) is 6.61 Å².